The summed E-state index contributed by atoms with van der Waals surface area (Å²) < 4.78 is 24.4. The fraction of sp³-hybridized carbons (Fsp3) is 0.150. The molecule has 130 valence electrons. The summed E-state index contributed by atoms with van der Waals surface area (Å²) in [5.74, 6) is 5.88. The van der Waals surface area contributed by atoms with Gasteiger partial charge in [-0.15, -0.1) is 0 Å². The maximum Gasteiger partial charge on any atom is 0.180 e. The van der Waals surface area contributed by atoms with Gasteiger partial charge in [0.1, 0.15) is 11.4 Å². The van der Waals surface area contributed by atoms with Crippen LogP contribution < -0.4 is 0 Å². The third-order valence-corrected chi connectivity index (χ3v) is 5.89. The fourth-order valence-electron chi connectivity index (χ4n) is 2.22. The Morgan fingerprint density at radius 3 is 2.31 bits per heavy atom. The molecule has 0 atom stereocenters. The Hall–Kier alpha value is -3.04. The SMILES string of the molecule is CC(C)S(=O)(=O)c1ccc(-c2cncc(C#Cc3ccccn3)n2)cc1. The van der Waals surface area contributed by atoms with Gasteiger partial charge in [-0.3, -0.25) is 4.98 Å². The van der Waals surface area contributed by atoms with Gasteiger partial charge in [-0.1, -0.05) is 18.2 Å². The molecular weight excluding hydrogens is 346 g/mol. The normalized spacial score (nSPS) is 11.0. The predicted molar refractivity (Wildman–Crippen MR) is 100 cm³/mol. The minimum atomic E-state index is -3.29. The molecule has 0 bridgehead atoms. The molecule has 0 fully saturated rings. The first kappa shape index (κ1) is 17.8. The number of pyridine rings is 1. The van der Waals surface area contributed by atoms with Crippen LogP contribution in [0.15, 0.2) is 66.0 Å². The van der Waals surface area contributed by atoms with E-state index in [1.807, 2.05) is 18.2 Å². The standard InChI is InChI=1S/C20H17N3O2S/c1-15(2)26(24,25)19-10-6-16(7-11-19)20-14-21-13-18(23-20)9-8-17-5-3-4-12-22-17/h3-7,10-15H,1-2H3. The highest BCUT2D eigenvalue weighted by Crippen LogP contribution is 2.21. The molecule has 0 aliphatic rings. The van der Waals surface area contributed by atoms with Gasteiger partial charge in [0.15, 0.2) is 9.84 Å². The molecule has 6 heteroatoms. The number of sulfone groups is 1. The molecule has 0 saturated carbocycles. The van der Waals surface area contributed by atoms with Gasteiger partial charge < -0.3 is 0 Å². The molecule has 0 amide bonds. The van der Waals surface area contributed by atoms with Crippen LogP contribution in [-0.2, 0) is 9.84 Å². The molecule has 2 aromatic heterocycles. The second kappa shape index (κ2) is 7.46. The summed E-state index contributed by atoms with van der Waals surface area (Å²) in [6, 6.07) is 12.2. The number of benzene rings is 1. The van der Waals surface area contributed by atoms with Crippen LogP contribution in [-0.4, -0.2) is 28.6 Å². The van der Waals surface area contributed by atoms with Crippen molar-refractivity contribution in [1.29, 1.82) is 0 Å². The Morgan fingerprint density at radius 2 is 1.65 bits per heavy atom. The summed E-state index contributed by atoms with van der Waals surface area (Å²) in [5, 5.41) is -0.460. The first-order valence-electron chi connectivity index (χ1n) is 8.06. The second-order valence-electron chi connectivity index (χ2n) is 5.87. The lowest BCUT2D eigenvalue weighted by Gasteiger charge is -2.08. The minimum Gasteiger partial charge on any atom is -0.259 e. The molecule has 0 N–H and O–H groups in total. The zero-order chi connectivity index (χ0) is 18.6. The van der Waals surface area contributed by atoms with Crippen molar-refractivity contribution in [2.24, 2.45) is 0 Å². The van der Waals surface area contributed by atoms with Gasteiger partial charge in [-0.2, -0.15) is 0 Å². The van der Waals surface area contributed by atoms with Gasteiger partial charge in [0.25, 0.3) is 0 Å². The third kappa shape index (κ3) is 3.95. The van der Waals surface area contributed by atoms with Crippen LogP contribution in [0.3, 0.4) is 0 Å². The maximum absolute atomic E-state index is 12.2. The van der Waals surface area contributed by atoms with Gasteiger partial charge in [-0.25, -0.2) is 18.4 Å². The highest BCUT2D eigenvalue weighted by Gasteiger charge is 2.18. The van der Waals surface area contributed by atoms with E-state index in [9.17, 15) is 8.42 Å². The number of aromatic nitrogens is 3. The fourth-order valence-corrected chi connectivity index (χ4v) is 3.28. The van der Waals surface area contributed by atoms with E-state index in [4.69, 9.17) is 0 Å². The molecule has 3 aromatic rings. The largest absolute Gasteiger partial charge is 0.259 e. The summed E-state index contributed by atoms with van der Waals surface area (Å²) in [5.41, 5.74) is 2.59. The minimum absolute atomic E-state index is 0.301. The van der Waals surface area contributed by atoms with E-state index in [0.29, 0.717) is 22.0 Å². The number of hydrogen-bond acceptors (Lipinski definition) is 5. The van der Waals surface area contributed by atoms with Crippen molar-refractivity contribution in [1.82, 2.24) is 15.0 Å². The van der Waals surface area contributed by atoms with Gasteiger partial charge in [0.2, 0.25) is 0 Å². The van der Waals surface area contributed by atoms with Crippen LogP contribution in [0.1, 0.15) is 25.2 Å². The Bertz CT molecular complexity index is 1070. The monoisotopic (exact) mass is 363 g/mol. The van der Waals surface area contributed by atoms with Crippen LogP contribution in [0.5, 0.6) is 0 Å². The summed E-state index contributed by atoms with van der Waals surface area (Å²) >= 11 is 0. The number of hydrogen-bond donors (Lipinski definition) is 0. The second-order valence-corrected chi connectivity index (χ2v) is 8.38. The molecule has 0 radical (unpaired) electrons. The molecule has 2 heterocycles. The lowest BCUT2D eigenvalue weighted by Crippen LogP contribution is -2.13. The van der Waals surface area contributed by atoms with E-state index in [2.05, 4.69) is 26.8 Å². The summed E-state index contributed by atoms with van der Waals surface area (Å²) in [7, 11) is -3.29. The highest BCUT2D eigenvalue weighted by molar-refractivity contribution is 7.92. The smallest absolute Gasteiger partial charge is 0.180 e. The van der Waals surface area contributed by atoms with Crippen molar-refractivity contribution in [3.63, 3.8) is 0 Å². The van der Waals surface area contributed by atoms with Crippen LogP contribution in [0.4, 0.5) is 0 Å². The quantitative estimate of drug-likeness (QED) is 0.669. The van der Waals surface area contributed by atoms with E-state index in [1.165, 1.54) is 0 Å². The molecule has 26 heavy (non-hydrogen) atoms. The molecule has 5 nitrogen and oxygen atoms in total. The summed E-state index contributed by atoms with van der Waals surface area (Å²) in [6.07, 6.45) is 4.88. The van der Waals surface area contributed by atoms with E-state index < -0.39 is 15.1 Å². The van der Waals surface area contributed by atoms with Gasteiger partial charge >= 0.3 is 0 Å². The number of nitrogens with zero attached hydrogens (tertiary/aromatic N) is 3. The van der Waals surface area contributed by atoms with Crippen LogP contribution in [0.2, 0.25) is 0 Å². The summed E-state index contributed by atoms with van der Waals surface area (Å²) in [4.78, 5) is 13.1. The van der Waals surface area contributed by atoms with Gasteiger partial charge in [0.05, 0.1) is 28.2 Å². The Balaban J connectivity index is 1.88. The zero-order valence-corrected chi connectivity index (χ0v) is 15.2. The van der Waals surface area contributed by atoms with Crippen molar-refractivity contribution >= 4 is 9.84 Å². The van der Waals surface area contributed by atoms with E-state index in [1.54, 1.807) is 56.7 Å². The molecule has 0 unspecified atom stereocenters. The van der Waals surface area contributed by atoms with E-state index in [0.717, 1.165) is 5.56 Å². The van der Waals surface area contributed by atoms with Crippen molar-refractivity contribution < 1.29 is 8.42 Å². The average Bonchev–Trinajstić information content (AvgIpc) is 2.67. The molecular formula is C20H17N3O2S. The van der Waals surface area contributed by atoms with Crippen molar-refractivity contribution in [3.05, 3.63) is 72.4 Å². The Morgan fingerprint density at radius 1 is 0.923 bits per heavy atom. The topological polar surface area (TPSA) is 72.8 Å². The lowest BCUT2D eigenvalue weighted by molar-refractivity contribution is 0.587. The highest BCUT2D eigenvalue weighted by atomic mass is 32.2. The Labute approximate surface area is 153 Å². The third-order valence-electron chi connectivity index (χ3n) is 3.72. The lowest BCUT2D eigenvalue weighted by atomic mass is 10.1. The number of rotatable bonds is 3. The van der Waals surface area contributed by atoms with Gasteiger partial charge in [-0.05, 0) is 50.0 Å². The Kier molecular flexibility index (Phi) is 5.10. The van der Waals surface area contributed by atoms with Crippen molar-refractivity contribution in [2.45, 2.75) is 24.0 Å². The van der Waals surface area contributed by atoms with Crippen molar-refractivity contribution in [2.75, 3.05) is 0 Å². The van der Waals surface area contributed by atoms with E-state index in [-0.39, 0.29) is 0 Å². The summed E-state index contributed by atoms with van der Waals surface area (Å²) in [6.45, 7) is 3.33. The van der Waals surface area contributed by atoms with Crippen LogP contribution >= 0.6 is 0 Å². The molecule has 0 aliphatic carbocycles. The first-order valence-corrected chi connectivity index (χ1v) is 9.61. The first-order chi connectivity index (χ1) is 12.5. The maximum atomic E-state index is 12.2. The van der Waals surface area contributed by atoms with Crippen LogP contribution in [0, 0.1) is 11.8 Å². The molecule has 0 aliphatic heterocycles. The van der Waals surface area contributed by atoms with E-state index >= 15 is 0 Å². The van der Waals surface area contributed by atoms with Crippen LogP contribution in [0.25, 0.3) is 11.3 Å². The molecule has 3 rings (SSSR count). The van der Waals surface area contributed by atoms with Gasteiger partial charge in [0, 0.05) is 11.8 Å². The molecule has 1 aromatic carbocycles. The average molecular weight is 363 g/mol. The zero-order valence-electron chi connectivity index (χ0n) is 14.4. The molecule has 0 saturated heterocycles. The van der Waals surface area contributed by atoms with Crippen molar-refractivity contribution in [3.8, 4) is 23.1 Å². The molecule has 0 spiro atoms. The predicted octanol–water partition coefficient (Wildman–Crippen LogP) is 3.12.